The third-order valence-corrected chi connectivity index (χ3v) is 8.67. The molecule has 41 heavy (non-hydrogen) atoms. The van der Waals surface area contributed by atoms with Crippen LogP contribution < -0.4 is 14.5 Å². The number of aromatic nitrogens is 2. The fraction of sp³-hybridized carbons (Fsp3) is 0.469. The SMILES string of the molecule is C=CC(=O)N1CCN(c2nc(OC[C@@H]3CCCN3CCC)nc3c2CCN(c2cc(O)cc4ccccc24)C3)CC1. The number of benzene rings is 2. The first-order chi connectivity index (χ1) is 20.0. The van der Waals surface area contributed by atoms with Gasteiger partial charge < -0.3 is 24.5 Å². The van der Waals surface area contributed by atoms with Crippen LogP contribution in [0.3, 0.4) is 0 Å². The van der Waals surface area contributed by atoms with Gasteiger partial charge in [0.05, 0.1) is 12.2 Å². The van der Waals surface area contributed by atoms with Crippen molar-refractivity contribution in [3.05, 3.63) is 60.3 Å². The number of phenolic OH excluding ortho intramolecular Hbond substituents is 1. The van der Waals surface area contributed by atoms with Gasteiger partial charge in [-0.25, -0.2) is 0 Å². The molecule has 2 fully saturated rings. The quantitative estimate of drug-likeness (QED) is 0.417. The van der Waals surface area contributed by atoms with Crippen LogP contribution in [-0.4, -0.2) is 89.2 Å². The zero-order chi connectivity index (χ0) is 28.3. The maximum Gasteiger partial charge on any atom is 0.318 e. The molecule has 9 nitrogen and oxygen atoms in total. The Balaban J connectivity index is 1.30. The molecule has 2 aromatic carbocycles. The minimum absolute atomic E-state index is 0.0273. The molecule has 3 aliphatic heterocycles. The highest BCUT2D eigenvalue weighted by Gasteiger charge is 2.30. The second-order valence-electron chi connectivity index (χ2n) is 11.3. The van der Waals surface area contributed by atoms with Crippen molar-refractivity contribution < 1.29 is 14.6 Å². The predicted molar refractivity (Wildman–Crippen MR) is 162 cm³/mol. The van der Waals surface area contributed by atoms with E-state index in [1.54, 1.807) is 0 Å². The van der Waals surface area contributed by atoms with Crippen LogP contribution in [0.4, 0.5) is 11.5 Å². The van der Waals surface area contributed by atoms with Gasteiger partial charge in [0.25, 0.3) is 0 Å². The molecule has 2 saturated heterocycles. The number of carbonyl (C=O) groups excluding carboxylic acids is 1. The van der Waals surface area contributed by atoms with Gasteiger partial charge in [-0.3, -0.25) is 9.69 Å². The topological polar surface area (TPSA) is 85.3 Å². The van der Waals surface area contributed by atoms with Crippen molar-refractivity contribution in [2.24, 2.45) is 0 Å². The molecule has 4 heterocycles. The van der Waals surface area contributed by atoms with Gasteiger partial charge in [-0.2, -0.15) is 9.97 Å². The van der Waals surface area contributed by atoms with Crippen molar-refractivity contribution in [1.29, 1.82) is 0 Å². The van der Waals surface area contributed by atoms with Crippen LogP contribution in [0.15, 0.2) is 49.1 Å². The van der Waals surface area contributed by atoms with Crippen LogP contribution in [-0.2, 0) is 17.8 Å². The summed E-state index contributed by atoms with van der Waals surface area (Å²) in [5, 5.41) is 12.6. The lowest BCUT2D eigenvalue weighted by Gasteiger charge is -2.38. The van der Waals surface area contributed by atoms with Crippen LogP contribution in [0.2, 0.25) is 0 Å². The standard InChI is InChI=1S/C32H40N6O3/c1-3-12-35-13-7-9-24(35)22-41-32-33-28-21-38(29-20-25(39)19-23-8-5-6-10-26(23)29)14-11-27(28)31(34-32)37-17-15-36(16-18-37)30(40)4-2/h4-6,8,10,19-20,24,39H,2-3,7,9,11-18,21-22H2,1H3/t24-/m0/s1. The van der Waals surface area contributed by atoms with Gasteiger partial charge >= 0.3 is 6.01 Å². The average molecular weight is 557 g/mol. The highest BCUT2D eigenvalue weighted by atomic mass is 16.5. The monoisotopic (exact) mass is 556 g/mol. The van der Waals surface area contributed by atoms with Gasteiger partial charge in [0.15, 0.2) is 0 Å². The van der Waals surface area contributed by atoms with Gasteiger partial charge in [0.2, 0.25) is 5.91 Å². The fourth-order valence-corrected chi connectivity index (χ4v) is 6.56. The van der Waals surface area contributed by atoms with E-state index in [1.165, 1.54) is 12.5 Å². The Morgan fingerprint density at radius 1 is 1.10 bits per heavy atom. The highest BCUT2D eigenvalue weighted by Crippen LogP contribution is 2.36. The van der Waals surface area contributed by atoms with Crippen molar-refractivity contribution in [1.82, 2.24) is 19.8 Å². The number of hydrogen-bond acceptors (Lipinski definition) is 8. The molecule has 0 aliphatic carbocycles. The molecule has 0 bridgehead atoms. The predicted octanol–water partition coefficient (Wildman–Crippen LogP) is 3.99. The second-order valence-corrected chi connectivity index (χ2v) is 11.3. The van der Waals surface area contributed by atoms with E-state index in [4.69, 9.17) is 14.7 Å². The Morgan fingerprint density at radius 2 is 1.93 bits per heavy atom. The normalized spacial score (nSPS) is 19.4. The van der Waals surface area contributed by atoms with Crippen LogP contribution in [0.1, 0.15) is 37.4 Å². The Bertz CT molecular complexity index is 1420. The first kappa shape index (κ1) is 27.3. The van der Waals surface area contributed by atoms with Crippen LogP contribution in [0.25, 0.3) is 10.8 Å². The molecule has 1 atom stereocenters. The van der Waals surface area contributed by atoms with E-state index >= 15 is 0 Å². The maximum atomic E-state index is 12.2. The number of nitrogens with zero attached hydrogens (tertiary/aromatic N) is 6. The third kappa shape index (κ3) is 5.68. The molecule has 0 saturated carbocycles. The number of aromatic hydroxyl groups is 1. The minimum atomic E-state index is -0.0273. The second kappa shape index (κ2) is 11.9. The van der Waals surface area contributed by atoms with E-state index in [2.05, 4.69) is 34.3 Å². The van der Waals surface area contributed by atoms with Crippen molar-refractivity contribution in [3.8, 4) is 11.8 Å². The largest absolute Gasteiger partial charge is 0.508 e. The van der Waals surface area contributed by atoms with Gasteiger partial charge in [0, 0.05) is 61.5 Å². The zero-order valence-electron chi connectivity index (χ0n) is 24.0. The number of ether oxygens (including phenoxy) is 1. The molecule has 0 spiro atoms. The number of phenols is 1. The van der Waals surface area contributed by atoms with E-state index in [9.17, 15) is 9.90 Å². The lowest BCUT2D eigenvalue weighted by Crippen LogP contribution is -2.49. The van der Waals surface area contributed by atoms with E-state index in [-0.39, 0.29) is 11.7 Å². The molecule has 0 radical (unpaired) electrons. The number of anilines is 2. The molecule has 3 aliphatic rings. The van der Waals surface area contributed by atoms with E-state index in [1.807, 2.05) is 35.2 Å². The zero-order valence-corrected chi connectivity index (χ0v) is 24.0. The van der Waals surface area contributed by atoms with Gasteiger partial charge in [0.1, 0.15) is 18.2 Å². The smallest absolute Gasteiger partial charge is 0.318 e. The molecular weight excluding hydrogens is 516 g/mol. The minimum Gasteiger partial charge on any atom is -0.508 e. The lowest BCUT2D eigenvalue weighted by molar-refractivity contribution is -0.126. The molecule has 216 valence electrons. The van der Waals surface area contributed by atoms with E-state index in [0.717, 1.165) is 72.4 Å². The Labute approximate surface area is 242 Å². The first-order valence-corrected chi connectivity index (χ1v) is 14.9. The summed E-state index contributed by atoms with van der Waals surface area (Å²) in [5.74, 6) is 1.16. The Kier molecular flexibility index (Phi) is 7.96. The van der Waals surface area contributed by atoms with Crippen molar-refractivity contribution in [3.63, 3.8) is 0 Å². The van der Waals surface area contributed by atoms with Crippen LogP contribution >= 0.6 is 0 Å². The van der Waals surface area contributed by atoms with E-state index < -0.39 is 0 Å². The summed E-state index contributed by atoms with van der Waals surface area (Å²) in [7, 11) is 0. The van der Waals surface area contributed by atoms with Gasteiger partial charge in [-0.1, -0.05) is 37.8 Å². The highest BCUT2D eigenvalue weighted by molar-refractivity contribution is 5.95. The van der Waals surface area contributed by atoms with Crippen molar-refractivity contribution in [2.75, 3.05) is 62.2 Å². The first-order valence-electron chi connectivity index (χ1n) is 14.9. The molecule has 9 heteroatoms. The number of carbonyl (C=O) groups is 1. The number of amides is 1. The molecule has 0 unspecified atom stereocenters. The van der Waals surface area contributed by atoms with Gasteiger partial charge in [-0.15, -0.1) is 0 Å². The molecular formula is C32H40N6O3. The van der Waals surface area contributed by atoms with Crippen molar-refractivity contribution >= 4 is 28.2 Å². The fourth-order valence-electron chi connectivity index (χ4n) is 6.56. The molecule has 1 N–H and O–H groups in total. The summed E-state index contributed by atoms with van der Waals surface area (Å²) in [4.78, 5) is 31.1. The maximum absolute atomic E-state index is 12.2. The number of likely N-dealkylation sites (tertiary alicyclic amines) is 1. The lowest BCUT2D eigenvalue weighted by atomic mass is 10.0. The van der Waals surface area contributed by atoms with E-state index in [0.29, 0.717) is 51.4 Å². The summed E-state index contributed by atoms with van der Waals surface area (Å²) in [6, 6.07) is 12.6. The summed E-state index contributed by atoms with van der Waals surface area (Å²) >= 11 is 0. The summed E-state index contributed by atoms with van der Waals surface area (Å²) in [5.41, 5.74) is 3.12. The molecule has 1 aromatic heterocycles. The number of piperazine rings is 1. The number of hydrogen-bond donors (Lipinski definition) is 1. The third-order valence-electron chi connectivity index (χ3n) is 8.67. The summed E-state index contributed by atoms with van der Waals surface area (Å²) < 4.78 is 6.34. The average Bonchev–Trinajstić information content (AvgIpc) is 3.45. The molecule has 1 amide bonds. The van der Waals surface area contributed by atoms with Crippen LogP contribution in [0.5, 0.6) is 11.8 Å². The molecule has 3 aromatic rings. The van der Waals surface area contributed by atoms with Gasteiger partial charge in [-0.05, 0) is 56.3 Å². The number of fused-ring (bicyclic) bond motifs is 2. The summed E-state index contributed by atoms with van der Waals surface area (Å²) in [6.07, 6.45) is 5.64. The Morgan fingerprint density at radius 3 is 2.73 bits per heavy atom. The van der Waals surface area contributed by atoms with Crippen LogP contribution in [0, 0.1) is 0 Å². The summed E-state index contributed by atoms with van der Waals surface area (Å²) in [6.45, 7) is 12.7. The Hall–Kier alpha value is -3.85. The van der Waals surface area contributed by atoms with Crippen molar-refractivity contribution in [2.45, 2.75) is 45.2 Å². The number of rotatable bonds is 8. The molecule has 6 rings (SSSR count).